The Balaban J connectivity index is 1.86. The predicted octanol–water partition coefficient (Wildman–Crippen LogP) is 7.60. The molecule has 11 heteroatoms. The molecule has 3 rings (SSSR count). The van der Waals surface area contributed by atoms with E-state index in [0.29, 0.717) is 32.7 Å². The zero-order valence-electron chi connectivity index (χ0n) is 23.8. The molecule has 3 atom stereocenters. The lowest BCUT2D eigenvalue weighted by atomic mass is 9.84. The van der Waals surface area contributed by atoms with E-state index in [0.717, 1.165) is 0 Å². The van der Waals surface area contributed by atoms with Gasteiger partial charge < -0.3 is 14.8 Å². The van der Waals surface area contributed by atoms with Crippen LogP contribution in [-0.4, -0.2) is 36.8 Å². The second-order valence-corrected chi connectivity index (χ2v) is 11.2. The zero-order chi connectivity index (χ0) is 31.7. The Bertz CT molecular complexity index is 1400. The first kappa shape index (κ1) is 33.9. The molecule has 3 aromatic rings. The standard InChI is InChI=1S/C32H32Cl2F3NO5/c1-19(2)26(31(41)32(35,36)37)17-28(39)27(15-20-7-9-22(33)10-8-20)38-30(40)18-29(21-5-4-6-23(34)16-21)43-25-13-11-24(42-3)12-14-25/h4-14,16,19,26-27,29H,15,17-18H2,1-3H3,(H,38,40)/t26-,27-,29?/m0/s1. The van der Waals surface area contributed by atoms with Crippen molar-refractivity contribution < 1.29 is 37.0 Å². The van der Waals surface area contributed by atoms with Crippen LogP contribution >= 0.6 is 23.2 Å². The third-order valence-electron chi connectivity index (χ3n) is 6.85. The Morgan fingerprint density at radius 2 is 1.49 bits per heavy atom. The molecule has 43 heavy (non-hydrogen) atoms. The van der Waals surface area contributed by atoms with Gasteiger partial charge in [-0.1, -0.05) is 61.3 Å². The van der Waals surface area contributed by atoms with Gasteiger partial charge in [0.2, 0.25) is 11.7 Å². The maximum Gasteiger partial charge on any atom is 0.450 e. The average Bonchev–Trinajstić information content (AvgIpc) is 2.95. The molecule has 0 bridgehead atoms. The number of rotatable bonds is 14. The summed E-state index contributed by atoms with van der Waals surface area (Å²) in [7, 11) is 1.53. The van der Waals surface area contributed by atoms with Gasteiger partial charge in [-0.05, 0) is 72.0 Å². The number of amides is 1. The van der Waals surface area contributed by atoms with Crippen LogP contribution in [0.25, 0.3) is 0 Å². The van der Waals surface area contributed by atoms with Gasteiger partial charge in [-0.15, -0.1) is 0 Å². The van der Waals surface area contributed by atoms with Crippen molar-refractivity contribution in [2.24, 2.45) is 11.8 Å². The largest absolute Gasteiger partial charge is 0.497 e. The molecule has 0 aliphatic heterocycles. The lowest BCUT2D eigenvalue weighted by molar-refractivity contribution is -0.177. The van der Waals surface area contributed by atoms with E-state index in [1.54, 1.807) is 72.8 Å². The summed E-state index contributed by atoms with van der Waals surface area (Å²) in [5.74, 6) is -4.55. The van der Waals surface area contributed by atoms with Gasteiger partial charge >= 0.3 is 6.18 Å². The minimum atomic E-state index is -5.09. The lowest BCUT2D eigenvalue weighted by Gasteiger charge is -2.25. The van der Waals surface area contributed by atoms with Crippen molar-refractivity contribution in [2.45, 2.75) is 51.4 Å². The quantitative estimate of drug-likeness (QED) is 0.197. The fraction of sp³-hybridized carbons (Fsp3) is 0.344. The fourth-order valence-corrected chi connectivity index (χ4v) is 4.80. The molecule has 6 nitrogen and oxygen atoms in total. The molecule has 0 heterocycles. The van der Waals surface area contributed by atoms with Crippen LogP contribution in [0, 0.1) is 11.8 Å². The molecule has 0 aliphatic carbocycles. The summed E-state index contributed by atoms with van der Waals surface area (Å²) in [5.41, 5.74) is 1.21. The highest BCUT2D eigenvalue weighted by molar-refractivity contribution is 6.30. The summed E-state index contributed by atoms with van der Waals surface area (Å²) in [4.78, 5) is 38.9. The van der Waals surface area contributed by atoms with E-state index in [9.17, 15) is 27.6 Å². The highest BCUT2D eigenvalue weighted by Crippen LogP contribution is 2.30. The van der Waals surface area contributed by atoms with Crippen molar-refractivity contribution in [1.29, 1.82) is 0 Å². The van der Waals surface area contributed by atoms with Gasteiger partial charge in [-0.3, -0.25) is 14.4 Å². The summed E-state index contributed by atoms with van der Waals surface area (Å²) in [6, 6.07) is 18.8. The number of alkyl halides is 3. The molecule has 0 aromatic heterocycles. The lowest BCUT2D eigenvalue weighted by Crippen LogP contribution is -2.45. The number of nitrogens with one attached hydrogen (secondary N) is 1. The van der Waals surface area contributed by atoms with E-state index < -0.39 is 54.1 Å². The Hall–Kier alpha value is -3.56. The number of benzene rings is 3. The van der Waals surface area contributed by atoms with Gasteiger partial charge in [0, 0.05) is 22.4 Å². The number of carbonyl (C=O) groups excluding carboxylic acids is 3. The van der Waals surface area contributed by atoms with E-state index >= 15 is 0 Å². The van der Waals surface area contributed by atoms with Crippen molar-refractivity contribution in [1.82, 2.24) is 5.32 Å². The van der Waals surface area contributed by atoms with Crippen LogP contribution in [0.1, 0.15) is 43.9 Å². The van der Waals surface area contributed by atoms with Crippen molar-refractivity contribution in [3.05, 3.63) is 94.0 Å². The summed E-state index contributed by atoms with van der Waals surface area (Å²) < 4.78 is 51.2. The Kier molecular flexibility index (Phi) is 12.0. The Morgan fingerprint density at radius 1 is 0.860 bits per heavy atom. The van der Waals surface area contributed by atoms with Gasteiger partial charge in [-0.2, -0.15) is 13.2 Å². The third-order valence-corrected chi connectivity index (χ3v) is 7.34. The first-order chi connectivity index (χ1) is 20.3. The molecule has 0 radical (unpaired) electrons. The Morgan fingerprint density at radius 3 is 2.05 bits per heavy atom. The Labute approximate surface area is 258 Å². The zero-order valence-corrected chi connectivity index (χ0v) is 25.3. The number of ketones is 2. The van der Waals surface area contributed by atoms with E-state index in [1.165, 1.54) is 21.0 Å². The second-order valence-electron chi connectivity index (χ2n) is 10.4. The molecule has 1 N–H and O–H groups in total. The van der Waals surface area contributed by atoms with Gasteiger partial charge in [0.15, 0.2) is 5.78 Å². The van der Waals surface area contributed by atoms with E-state index in [2.05, 4.69) is 5.32 Å². The molecule has 1 amide bonds. The molecule has 0 fully saturated rings. The van der Waals surface area contributed by atoms with E-state index in [4.69, 9.17) is 32.7 Å². The molecule has 0 saturated carbocycles. The summed E-state index contributed by atoms with van der Waals surface area (Å²) in [6.45, 7) is 2.89. The molecule has 1 unspecified atom stereocenters. The van der Waals surface area contributed by atoms with Crippen LogP contribution in [-0.2, 0) is 20.8 Å². The van der Waals surface area contributed by atoms with Crippen LogP contribution < -0.4 is 14.8 Å². The number of hydrogen-bond acceptors (Lipinski definition) is 5. The van der Waals surface area contributed by atoms with E-state index in [1.807, 2.05) is 0 Å². The molecule has 0 spiro atoms. The van der Waals surface area contributed by atoms with Gasteiger partial charge in [0.25, 0.3) is 0 Å². The maximum absolute atomic E-state index is 13.4. The molecule has 0 saturated heterocycles. The minimum Gasteiger partial charge on any atom is -0.497 e. The number of methoxy groups -OCH3 is 1. The van der Waals surface area contributed by atoms with Crippen LogP contribution in [0.4, 0.5) is 13.2 Å². The number of Topliss-reactive ketones (excluding diaryl/α,β-unsaturated/α-hetero) is 2. The van der Waals surface area contributed by atoms with E-state index in [-0.39, 0.29) is 12.8 Å². The number of hydrogen-bond donors (Lipinski definition) is 1. The first-order valence-corrected chi connectivity index (χ1v) is 14.3. The normalized spacial score (nSPS) is 13.6. The van der Waals surface area contributed by atoms with Crippen molar-refractivity contribution in [3.63, 3.8) is 0 Å². The summed E-state index contributed by atoms with van der Waals surface area (Å²) in [5, 5.41) is 3.55. The number of halogens is 5. The topological polar surface area (TPSA) is 81.7 Å². The van der Waals surface area contributed by atoms with Gasteiger partial charge in [-0.25, -0.2) is 0 Å². The highest BCUT2D eigenvalue weighted by Gasteiger charge is 2.45. The number of carbonyl (C=O) groups is 3. The molecule has 230 valence electrons. The van der Waals surface area contributed by atoms with Gasteiger partial charge in [0.1, 0.15) is 17.6 Å². The van der Waals surface area contributed by atoms with Crippen molar-refractivity contribution in [3.8, 4) is 11.5 Å². The fourth-order valence-electron chi connectivity index (χ4n) is 4.48. The molecular formula is C32H32Cl2F3NO5. The number of ether oxygens (including phenoxy) is 2. The molecule has 3 aromatic carbocycles. The summed E-state index contributed by atoms with van der Waals surface area (Å²) in [6.07, 6.45) is -6.87. The smallest absolute Gasteiger partial charge is 0.450 e. The molecule has 0 aliphatic rings. The minimum absolute atomic E-state index is 0.0199. The predicted molar refractivity (Wildman–Crippen MR) is 159 cm³/mol. The average molecular weight is 639 g/mol. The van der Waals surface area contributed by atoms with Crippen molar-refractivity contribution in [2.75, 3.05) is 7.11 Å². The van der Waals surface area contributed by atoms with Crippen LogP contribution in [0.3, 0.4) is 0 Å². The summed E-state index contributed by atoms with van der Waals surface area (Å²) >= 11 is 12.2. The van der Waals surface area contributed by atoms with Crippen LogP contribution in [0.5, 0.6) is 11.5 Å². The van der Waals surface area contributed by atoms with Crippen LogP contribution in [0.2, 0.25) is 10.0 Å². The van der Waals surface area contributed by atoms with Crippen molar-refractivity contribution >= 4 is 40.7 Å². The third kappa shape index (κ3) is 10.3. The second kappa shape index (κ2) is 15.3. The monoisotopic (exact) mass is 637 g/mol. The maximum atomic E-state index is 13.4. The SMILES string of the molecule is COc1ccc(OC(CC(=O)N[C@@H](Cc2ccc(Cl)cc2)C(=O)C[C@H](C(=O)C(F)(F)F)C(C)C)c2cccc(Cl)c2)cc1. The van der Waals surface area contributed by atoms with Crippen LogP contribution in [0.15, 0.2) is 72.8 Å². The molecular weight excluding hydrogens is 606 g/mol. The first-order valence-electron chi connectivity index (χ1n) is 13.5. The van der Waals surface area contributed by atoms with Gasteiger partial charge in [0.05, 0.1) is 19.6 Å². The highest BCUT2D eigenvalue weighted by atomic mass is 35.5.